The molecule has 6 atom stereocenters. The highest BCUT2D eigenvalue weighted by Crippen LogP contribution is 2.62. The fourth-order valence-corrected chi connectivity index (χ4v) is 4.57. The summed E-state index contributed by atoms with van der Waals surface area (Å²) < 4.78 is 5.36. The van der Waals surface area contributed by atoms with E-state index in [1.807, 2.05) is 0 Å². The van der Waals surface area contributed by atoms with Crippen LogP contribution >= 0.6 is 0 Å². The fraction of sp³-hybridized carbons (Fsp3) is 1.00. The number of hydrogen-bond acceptors (Lipinski definition) is 3. The third-order valence-electron chi connectivity index (χ3n) is 5.36. The van der Waals surface area contributed by atoms with E-state index in [0.29, 0.717) is 6.04 Å². The maximum atomic E-state index is 9.98. The van der Waals surface area contributed by atoms with Gasteiger partial charge in [-0.2, -0.15) is 0 Å². The molecule has 0 amide bonds. The van der Waals surface area contributed by atoms with Crippen molar-refractivity contribution < 1.29 is 9.84 Å². The van der Waals surface area contributed by atoms with Gasteiger partial charge >= 0.3 is 0 Å². The first-order valence-electron chi connectivity index (χ1n) is 6.14. The maximum Gasteiger partial charge on any atom is 0.0836 e. The highest BCUT2D eigenvalue weighted by molar-refractivity contribution is 5.13. The van der Waals surface area contributed by atoms with Crippen LogP contribution in [0.5, 0.6) is 0 Å². The second-order valence-electron chi connectivity index (χ2n) is 5.78. The summed E-state index contributed by atoms with van der Waals surface area (Å²) >= 11 is 0. The molecule has 3 saturated carbocycles. The number of methoxy groups -OCH3 is 1. The first-order valence-corrected chi connectivity index (χ1v) is 6.14. The molecule has 3 aliphatic rings. The van der Waals surface area contributed by atoms with Crippen molar-refractivity contribution >= 4 is 0 Å². The molecule has 3 heteroatoms. The van der Waals surface area contributed by atoms with Gasteiger partial charge < -0.3 is 15.6 Å². The monoisotopic (exact) mass is 211 g/mol. The lowest BCUT2D eigenvalue weighted by Gasteiger charge is -2.39. The van der Waals surface area contributed by atoms with Crippen molar-refractivity contribution in [1.29, 1.82) is 0 Å². The number of aliphatic hydroxyl groups is 1. The standard InChI is InChI=1S/C12H21NO2/c1-15-10-6-12(5-9(10)14)8-3-2-7(4-8)11(12)13/h7-11,14H,2-6,13H2,1H3/t7-,8+,9+,10+,11+,12+/m0/s1. The van der Waals surface area contributed by atoms with Crippen LogP contribution in [-0.2, 0) is 4.74 Å². The molecule has 0 radical (unpaired) electrons. The molecule has 0 aromatic heterocycles. The lowest BCUT2D eigenvalue weighted by Crippen LogP contribution is -2.45. The molecule has 0 aliphatic heterocycles. The predicted octanol–water partition coefficient (Wildman–Crippen LogP) is 0.900. The van der Waals surface area contributed by atoms with Crippen molar-refractivity contribution in [1.82, 2.24) is 0 Å². The van der Waals surface area contributed by atoms with Crippen LogP contribution in [0.15, 0.2) is 0 Å². The summed E-state index contributed by atoms with van der Waals surface area (Å²) in [6.07, 6.45) is 5.50. The van der Waals surface area contributed by atoms with Crippen molar-refractivity contribution in [2.24, 2.45) is 23.0 Å². The van der Waals surface area contributed by atoms with Gasteiger partial charge in [-0.15, -0.1) is 0 Å². The Morgan fingerprint density at radius 3 is 2.67 bits per heavy atom. The molecule has 2 bridgehead atoms. The minimum Gasteiger partial charge on any atom is -0.390 e. The first-order chi connectivity index (χ1) is 7.17. The quantitative estimate of drug-likeness (QED) is 0.677. The van der Waals surface area contributed by atoms with Gasteiger partial charge in [0.05, 0.1) is 12.2 Å². The Bertz CT molecular complexity index is 266. The van der Waals surface area contributed by atoms with Gasteiger partial charge in [-0.05, 0) is 49.4 Å². The maximum absolute atomic E-state index is 9.98. The average molecular weight is 211 g/mol. The van der Waals surface area contributed by atoms with Gasteiger partial charge in [0.2, 0.25) is 0 Å². The Morgan fingerprint density at radius 1 is 1.33 bits per heavy atom. The van der Waals surface area contributed by atoms with Gasteiger partial charge in [0.15, 0.2) is 0 Å². The minimum atomic E-state index is -0.291. The lowest BCUT2D eigenvalue weighted by molar-refractivity contribution is 0.00927. The number of hydrogen-bond donors (Lipinski definition) is 2. The molecule has 0 heterocycles. The Morgan fingerprint density at radius 2 is 2.13 bits per heavy atom. The van der Waals surface area contributed by atoms with Crippen LogP contribution in [0.1, 0.15) is 32.1 Å². The van der Waals surface area contributed by atoms with Crippen molar-refractivity contribution in [3.05, 3.63) is 0 Å². The molecule has 0 aromatic rings. The summed E-state index contributed by atoms with van der Waals surface area (Å²) in [6, 6.07) is 0.311. The number of rotatable bonds is 1. The fourth-order valence-electron chi connectivity index (χ4n) is 4.57. The van der Waals surface area contributed by atoms with E-state index in [9.17, 15) is 5.11 Å². The Hall–Kier alpha value is -0.120. The molecular weight excluding hydrogens is 190 g/mol. The first kappa shape index (κ1) is 10.1. The van der Waals surface area contributed by atoms with Gasteiger partial charge in [0.1, 0.15) is 0 Å². The predicted molar refractivity (Wildman–Crippen MR) is 57.3 cm³/mol. The Labute approximate surface area is 91.0 Å². The van der Waals surface area contributed by atoms with Crippen LogP contribution in [0.4, 0.5) is 0 Å². The van der Waals surface area contributed by atoms with E-state index in [1.54, 1.807) is 7.11 Å². The van der Waals surface area contributed by atoms with Crippen molar-refractivity contribution in [3.8, 4) is 0 Å². The van der Waals surface area contributed by atoms with Gasteiger partial charge in [-0.3, -0.25) is 0 Å². The van der Waals surface area contributed by atoms with Crippen LogP contribution in [0.2, 0.25) is 0 Å². The van der Waals surface area contributed by atoms with Crippen LogP contribution in [0.3, 0.4) is 0 Å². The molecule has 0 saturated heterocycles. The van der Waals surface area contributed by atoms with Crippen molar-refractivity contribution in [3.63, 3.8) is 0 Å². The van der Waals surface area contributed by atoms with Crippen molar-refractivity contribution in [2.45, 2.75) is 50.4 Å². The molecule has 0 unspecified atom stereocenters. The molecule has 3 aliphatic carbocycles. The van der Waals surface area contributed by atoms with Gasteiger partial charge in [0.25, 0.3) is 0 Å². The third kappa shape index (κ3) is 1.17. The van der Waals surface area contributed by atoms with E-state index in [-0.39, 0.29) is 17.6 Å². The summed E-state index contributed by atoms with van der Waals surface area (Å²) in [5.41, 5.74) is 6.58. The topological polar surface area (TPSA) is 55.5 Å². The molecule has 3 rings (SSSR count). The second kappa shape index (κ2) is 3.19. The summed E-state index contributed by atoms with van der Waals surface area (Å²) in [7, 11) is 1.70. The molecule has 86 valence electrons. The van der Waals surface area contributed by atoms with Crippen molar-refractivity contribution in [2.75, 3.05) is 7.11 Å². The van der Waals surface area contributed by atoms with Crippen LogP contribution in [0.25, 0.3) is 0 Å². The molecule has 1 spiro atoms. The molecular formula is C12H21NO2. The van der Waals surface area contributed by atoms with Crippen LogP contribution < -0.4 is 5.73 Å². The van der Waals surface area contributed by atoms with E-state index in [0.717, 1.165) is 24.7 Å². The van der Waals surface area contributed by atoms with E-state index < -0.39 is 0 Å². The highest BCUT2D eigenvalue weighted by atomic mass is 16.5. The normalized spacial score (nSPS) is 58.2. The van der Waals surface area contributed by atoms with E-state index >= 15 is 0 Å². The third-order valence-corrected chi connectivity index (χ3v) is 5.36. The summed E-state index contributed by atoms with van der Waals surface area (Å²) in [6.45, 7) is 0. The van der Waals surface area contributed by atoms with E-state index in [1.165, 1.54) is 19.3 Å². The molecule has 3 nitrogen and oxygen atoms in total. The zero-order valence-corrected chi connectivity index (χ0v) is 9.36. The summed E-state index contributed by atoms with van der Waals surface area (Å²) in [4.78, 5) is 0. The van der Waals surface area contributed by atoms with Gasteiger partial charge in [-0.25, -0.2) is 0 Å². The smallest absolute Gasteiger partial charge is 0.0836 e. The Kier molecular flexibility index (Phi) is 2.14. The number of ether oxygens (including phenoxy) is 1. The highest BCUT2D eigenvalue weighted by Gasteiger charge is 2.61. The number of aliphatic hydroxyl groups excluding tert-OH is 1. The molecule has 15 heavy (non-hydrogen) atoms. The zero-order chi connectivity index (χ0) is 10.6. The Balaban J connectivity index is 1.86. The summed E-state index contributed by atoms with van der Waals surface area (Å²) in [5.74, 6) is 1.48. The van der Waals surface area contributed by atoms with Crippen LogP contribution in [-0.4, -0.2) is 30.5 Å². The van der Waals surface area contributed by atoms with Gasteiger partial charge in [-0.1, -0.05) is 0 Å². The van der Waals surface area contributed by atoms with E-state index in [2.05, 4.69) is 0 Å². The lowest BCUT2D eigenvalue weighted by atomic mass is 9.69. The zero-order valence-electron chi connectivity index (χ0n) is 9.36. The molecule has 3 fully saturated rings. The SMILES string of the molecule is CO[C@@H]1C[C@]2(C[C@H]1O)[C@@H]1CC[C@@H](C1)[C@H]2N. The minimum absolute atomic E-state index is 0.0235. The molecule has 3 N–H and O–H groups in total. The average Bonchev–Trinajstić information content (AvgIpc) is 2.85. The largest absolute Gasteiger partial charge is 0.390 e. The van der Waals surface area contributed by atoms with E-state index in [4.69, 9.17) is 10.5 Å². The summed E-state index contributed by atoms with van der Waals surface area (Å²) in [5, 5.41) is 9.98. The number of fused-ring (bicyclic) bond motifs is 3. The second-order valence-corrected chi connectivity index (χ2v) is 5.78. The number of nitrogens with two attached hydrogens (primary N) is 1. The van der Waals surface area contributed by atoms with Crippen LogP contribution in [0, 0.1) is 17.3 Å². The molecule has 0 aromatic carbocycles. The van der Waals surface area contributed by atoms with Gasteiger partial charge in [0, 0.05) is 13.2 Å².